The molecule has 2 N–H and O–H groups in total. The van der Waals surface area contributed by atoms with Crippen molar-refractivity contribution >= 4 is 17.9 Å². The summed E-state index contributed by atoms with van der Waals surface area (Å²) in [4.78, 5) is 10.5. The van der Waals surface area contributed by atoms with Crippen molar-refractivity contribution < 1.29 is 15.0 Å². The van der Waals surface area contributed by atoms with Gasteiger partial charge in [0.25, 0.3) is 0 Å². The van der Waals surface area contributed by atoms with E-state index in [9.17, 15) is 15.0 Å². The number of benzene rings is 1. The molecule has 0 radical (unpaired) electrons. The SMILES string of the molecule is Cc1cc(C=O)ccc1C(O)C(O)CCl. The molecule has 0 aliphatic rings. The Bertz CT molecular complexity index is 352. The first-order valence-electron chi connectivity index (χ1n) is 4.58. The number of rotatable bonds is 4. The zero-order chi connectivity index (χ0) is 11.4. The predicted octanol–water partition coefficient (Wildman–Crippen LogP) is 1.44. The average Bonchev–Trinajstić information content (AvgIpc) is 2.26. The molecule has 0 spiro atoms. The van der Waals surface area contributed by atoms with Gasteiger partial charge in [0.05, 0.1) is 12.0 Å². The number of halogens is 1. The Labute approximate surface area is 93.3 Å². The van der Waals surface area contributed by atoms with Gasteiger partial charge >= 0.3 is 0 Å². The fourth-order valence-electron chi connectivity index (χ4n) is 1.40. The van der Waals surface area contributed by atoms with Crippen LogP contribution >= 0.6 is 11.6 Å². The van der Waals surface area contributed by atoms with Crippen LogP contribution in [0.3, 0.4) is 0 Å². The summed E-state index contributed by atoms with van der Waals surface area (Å²) in [5.41, 5.74) is 1.90. The summed E-state index contributed by atoms with van der Waals surface area (Å²) >= 11 is 5.44. The van der Waals surface area contributed by atoms with E-state index in [0.717, 1.165) is 11.8 Å². The van der Waals surface area contributed by atoms with E-state index < -0.39 is 12.2 Å². The second kappa shape index (κ2) is 5.26. The molecule has 0 aliphatic carbocycles. The molecule has 0 aromatic heterocycles. The van der Waals surface area contributed by atoms with Crippen molar-refractivity contribution in [1.29, 1.82) is 0 Å². The highest BCUT2D eigenvalue weighted by molar-refractivity contribution is 6.18. The minimum Gasteiger partial charge on any atom is -0.389 e. The van der Waals surface area contributed by atoms with Gasteiger partial charge in [-0.1, -0.05) is 12.1 Å². The molecule has 1 rings (SSSR count). The highest BCUT2D eigenvalue weighted by Gasteiger charge is 2.18. The molecule has 3 nitrogen and oxygen atoms in total. The minimum absolute atomic E-state index is 0.0317. The summed E-state index contributed by atoms with van der Waals surface area (Å²) in [5.74, 6) is -0.0317. The third-order valence-corrected chi connectivity index (χ3v) is 2.59. The topological polar surface area (TPSA) is 57.5 Å². The zero-order valence-electron chi connectivity index (χ0n) is 8.35. The Morgan fingerprint density at radius 1 is 1.47 bits per heavy atom. The Kier molecular flexibility index (Phi) is 4.27. The van der Waals surface area contributed by atoms with Gasteiger partial charge in [-0.05, 0) is 24.1 Å². The van der Waals surface area contributed by atoms with Crippen LogP contribution in [0.4, 0.5) is 0 Å². The van der Waals surface area contributed by atoms with Gasteiger partial charge in [0, 0.05) is 5.56 Å². The monoisotopic (exact) mass is 228 g/mol. The van der Waals surface area contributed by atoms with E-state index in [-0.39, 0.29) is 5.88 Å². The normalized spacial score (nSPS) is 14.7. The first-order valence-corrected chi connectivity index (χ1v) is 5.11. The van der Waals surface area contributed by atoms with Crippen LogP contribution in [0.5, 0.6) is 0 Å². The van der Waals surface area contributed by atoms with E-state index in [0.29, 0.717) is 11.1 Å². The first kappa shape index (κ1) is 12.2. The van der Waals surface area contributed by atoms with Gasteiger partial charge in [0.1, 0.15) is 12.4 Å². The van der Waals surface area contributed by atoms with Gasteiger partial charge in [-0.2, -0.15) is 0 Å². The lowest BCUT2D eigenvalue weighted by Crippen LogP contribution is -2.20. The van der Waals surface area contributed by atoms with Crippen LogP contribution in [-0.2, 0) is 0 Å². The number of carbonyl (C=O) groups excluding carboxylic acids is 1. The van der Waals surface area contributed by atoms with Crippen LogP contribution in [0.15, 0.2) is 18.2 Å². The average molecular weight is 229 g/mol. The number of alkyl halides is 1. The molecular formula is C11H13ClO3. The van der Waals surface area contributed by atoms with E-state index >= 15 is 0 Å². The smallest absolute Gasteiger partial charge is 0.150 e. The molecule has 0 fully saturated rings. The van der Waals surface area contributed by atoms with Gasteiger partial charge in [0.2, 0.25) is 0 Å². The summed E-state index contributed by atoms with van der Waals surface area (Å²) < 4.78 is 0. The van der Waals surface area contributed by atoms with Crippen molar-refractivity contribution in [3.8, 4) is 0 Å². The largest absolute Gasteiger partial charge is 0.389 e. The van der Waals surface area contributed by atoms with Gasteiger partial charge in [-0.25, -0.2) is 0 Å². The van der Waals surface area contributed by atoms with Crippen LogP contribution < -0.4 is 0 Å². The Balaban J connectivity index is 2.99. The fourth-order valence-corrected chi connectivity index (χ4v) is 1.56. The summed E-state index contributed by atoms with van der Waals surface area (Å²) in [6, 6.07) is 4.88. The number of aliphatic hydroxyl groups is 2. The maximum Gasteiger partial charge on any atom is 0.150 e. The first-order chi connectivity index (χ1) is 7.10. The van der Waals surface area contributed by atoms with Gasteiger partial charge in [0.15, 0.2) is 0 Å². The number of aldehydes is 1. The van der Waals surface area contributed by atoms with E-state index in [1.165, 1.54) is 0 Å². The molecule has 1 aromatic carbocycles. The number of aryl methyl sites for hydroxylation is 1. The van der Waals surface area contributed by atoms with Gasteiger partial charge in [-0.3, -0.25) is 4.79 Å². The molecule has 82 valence electrons. The molecule has 1 aromatic rings. The summed E-state index contributed by atoms with van der Waals surface area (Å²) in [6.45, 7) is 1.77. The lowest BCUT2D eigenvalue weighted by Gasteiger charge is -2.17. The lowest BCUT2D eigenvalue weighted by molar-refractivity contribution is 0.0323. The van der Waals surface area contributed by atoms with E-state index in [1.807, 2.05) is 0 Å². The number of aliphatic hydroxyl groups excluding tert-OH is 2. The third kappa shape index (κ3) is 2.78. The lowest BCUT2D eigenvalue weighted by atomic mass is 9.98. The van der Waals surface area contributed by atoms with Crippen LogP contribution in [0.2, 0.25) is 0 Å². The second-order valence-corrected chi connectivity index (χ2v) is 3.71. The van der Waals surface area contributed by atoms with Crippen molar-refractivity contribution in [2.45, 2.75) is 19.1 Å². The molecule has 0 saturated heterocycles. The van der Waals surface area contributed by atoms with Crippen LogP contribution in [0, 0.1) is 6.92 Å². The third-order valence-electron chi connectivity index (χ3n) is 2.27. The zero-order valence-corrected chi connectivity index (χ0v) is 9.11. The number of hydrogen-bond acceptors (Lipinski definition) is 3. The maximum absolute atomic E-state index is 10.5. The summed E-state index contributed by atoms with van der Waals surface area (Å²) in [6.07, 6.45) is -1.27. The van der Waals surface area contributed by atoms with Gasteiger partial charge < -0.3 is 10.2 Å². The molecule has 2 atom stereocenters. The highest BCUT2D eigenvalue weighted by Crippen LogP contribution is 2.22. The Morgan fingerprint density at radius 3 is 2.60 bits per heavy atom. The standard InChI is InChI=1S/C11H13ClO3/c1-7-4-8(6-13)2-3-9(7)11(15)10(14)5-12/h2-4,6,10-11,14-15H,5H2,1H3. The number of carbonyl (C=O) groups is 1. The van der Waals surface area contributed by atoms with Crippen molar-refractivity contribution in [1.82, 2.24) is 0 Å². The van der Waals surface area contributed by atoms with Gasteiger partial charge in [-0.15, -0.1) is 11.6 Å². The van der Waals surface area contributed by atoms with E-state index in [4.69, 9.17) is 11.6 Å². The fraction of sp³-hybridized carbons (Fsp3) is 0.364. The quantitative estimate of drug-likeness (QED) is 0.606. The Morgan fingerprint density at radius 2 is 2.13 bits per heavy atom. The molecule has 15 heavy (non-hydrogen) atoms. The molecule has 0 heterocycles. The highest BCUT2D eigenvalue weighted by atomic mass is 35.5. The van der Waals surface area contributed by atoms with E-state index in [2.05, 4.69) is 0 Å². The summed E-state index contributed by atoms with van der Waals surface area (Å²) in [5, 5.41) is 19.1. The van der Waals surface area contributed by atoms with Crippen molar-refractivity contribution in [3.63, 3.8) is 0 Å². The minimum atomic E-state index is -1.01. The van der Waals surface area contributed by atoms with Crippen molar-refractivity contribution in [3.05, 3.63) is 34.9 Å². The second-order valence-electron chi connectivity index (χ2n) is 3.40. The number of hydrogen-bond donors (Lipinski definition) is 2. The molecule has 4 heteroatoms. The van der Waals surface area contributed by atoms with Crippen LogP contribution in [0.25, 0.3) is 0 Å². The van der Waals surface area contributed by atoms with Crippen molar-refractivity contribution in [2.75, 3.05) is 5.88 Å². The predicted molar refractivity (Wildman–Crippen MR) is 58.3 cm³/mol. The van der Waals surface area contributed by atoms with E-state index in [1.54, 1.807) is 25.1 Å². The maximum atomic E-state index is 10.5. The van der Waals surface area contributed by atoms with Crippen LogP contribution in [-0.4, -0.2) is 28.5 Å². The Hall–Kier alpha value is -0.900. The molecule has 0 bridgehead atoms. The van der Waals surface area contributed by atoms with Crippen molar-refractivity contribution in [2.24, 2.45) is 0 Å². The molecule has 0 aliphatic heterocycles. The summed E-state index contributed by atoms with van der Waals surface area (Å²) in [7, 11) is 0. The molecule has 0 saturated carbocycles. The molecular weight excluding hydrogens is 216 g/mol. The van der Waals surface area contributed by atoms with Crippen LogP contribution in [0.1, 0.15) is 27.6 Å². The molecule has 0 amide bonds. The molecule has 2 unspecified atom stereocenters.